The first-order chi connectivity index (χ1) is 14.9. The van der Waals surface area contributed by atoms with Gasteiger partial charge < -0.3 is 5.73 Å². The molecule has 0 radical (unpaired) electrons. The molecular formula is C21H16N6O3S. The van der Waals surface area contributed by atoms with Crippen molar-refractivity contribution in [1.82, 2.24) is 20.0 Å². The molecule has 4 N–H and O–H groups in total. The summed E-state index contributed by atoms with van der Waals surface area (Å²) < 4.78 is 29.6. The number of aromatic amines is 1. The average Bonchev–Trinajstić information content (AvgIpc) is 3.38. The lowest BCUT2D eigenvalue weighted by Gasteiger charge is -2.10. The van der Waals surface area contributed by atoms with Crippen LogP contribution in [0.4, 0.5) is 5.69 Å². The molecule has 0 unspecified atom stereocenters. The molecule has 2 heterocycles. The maximum absolute atomic E-state index is 12.7. The normalized spacial score (nSPS) is 11.7. The summed E-state index contributed by atoms with van der Waals surface area (Å²) in [7, 11) is -3.75. The fourth-order valence-electron chi connectivity index (χ4n) is 3.51. The van der Waals surface area contributed by atoms with Gasteiger partial charge in [-0.05, 0) is 48.5 Å². The number of carbonyl (C=O) groups excluding carboxylic acids is 1. The first-order valence-corrected chi connectivity index (χ1v) is 10.8. The number of hydrogen-bond donors (Lipinski definition) is 3. The average molecular weight is 432 g/mol. The van der Waals surface area contributed by atoms with Crippen LogP contribution in [0, 0.1) is 0 Å². The number of benzene rings is 3. The van der Waals surface area contributed by atoms with Crippen molar-refractivity contribution in [2.75, 3.05) is 4.72 Å². The lowest BCUT2D eigenvalue weighted by atomic mass is 10.1. The summed E-state index contributed by atoms with van der Waals surface area (Å²) in [6.45, 7) is 0. The Morgan fingerprint density at radius 2 is 1.71 bits per heavy atom. The molecule has 0 saturated carbocycles. The summed E-state index contributed by atoms with van der Waals surface area (Å²) in [5.74, 6) is -0.609. The van der Waals surface area contributed by atoms with Gasteiger partial charge in [-0.15, -0.1) is 0 Å². The van der Waals surface area contributed by atoms with E-state index in [0.29, 0.717) is 27.8 Å². The molecule has 0 spiro atoms. The fraction of sp³-hybridized carbons (Fsp3) is 0. The number of nitrogens with one attached hydrogen (secondary N) is 2. The van der Waals surface area contributed by atoms with E-state index in [4.69, 9.17) is 5.73 Å². The number of nitrogens with zero attached hydrogens (tertiary/aromatic N) is 3. The summed E-state index contributed by atoms with van der Waals surface area (Å²) >= 11 is 0. The lowest BCUT2D eigenvalue weighted by Crippen LogP contribution is -2.13. The molecule has 1 amide bonds. The third-order valence-electron chi connectivity index (χ3n) is 4.94. The molecule has 154 valence electrons. The van der Waals surface area contributed by atoms with Gasteiger partial charge in [0.25, 0.3) is 15.9 Å². The second kappa shape index (κ2) is 6.96. The topological polar surface area (TPSA) is 136 Å². The van der Waals surface area contributed by atoms with Crippen LogP contribution in [0.1, 0.15) is 10.5 Å². The predicted octanol–water partition coefficient (Wildman–Crippen LogP) is 2.80. The van der Waals surface area contributed by atoms with Crippen LogP contribution in [0.15, 0.2) is 77.8 Å². The molecule has 0 atom stereocenters. The van der Waals surface area contributed by atoms with E-state index >= 15 is 0 Å². The Morgan fingerprint density at radius 1 is 0.968 bits per heavy atom. The minimum Gasteiger partial charge on any atom is -0.364 e. The van der Waals surface area contributed by atoms with E-state index in [1.165, 1.54) is 12.1 Å². The van der Waals surface area contributed by atoms with Gasteiger partial charge in [-0.1, -0.05) is 18.2 Å². The Morgan fingerprint density at radius 3 is 2.42 bits per heavy atom. The predicted molar refractivity (Wildman–Crippen MR) is 116 cm³/mol. The molecule has 0 aliphatic rings. The first kappa shape index (κ1) is 18.8. The zero-order valence-corrected chi connectivity index (χ0v) is 16.8. The van der Waals surface area contributed by atoms with E-state index in [1.54, 1.807) is 65.5 Å². The molecule has 2 aromatic heterocycles. The molecular weight excluding hydrogens is 416 g/mol. The van der Waals surface area contributed by atoms with Crippen LogP contribution in [0.5, 0.6) is 0 Å². The number of amides is 1. The Balaban J connectivity index is 1.60. The first-order valence-electron chi connectivity index (χ1n) is 9.27. The molecule has 0 aliphatic carbocycles. The van der Waals surface area contributed by atoms with Crippen molar-refractivity contribution in [3.05, 3.63) is 78.6 Å². The SMILES string of the molecule is NC(=O)c1[nH]n(-c2ccc(S(=O)(=O)Nc3ccccc3)cc2)c2c1ccc1nncc12. The molecule has 10 heteroatoms. The highest BCUT2D eigenvalue weighted by molar-refractivity contribution is 7.92. The van der Waals surface area contributed by atoms with Crippen molar-refractivity contribution in [3.8, 4) is 5.69 Å². The van der Waals surface area contributed by atoms with Crippen LogP contribution >= 0.6 is 0 Å². The zero-order valence-electron chi connectivity index (χ0n) is 16.0. The standard InChI is InChI=1S/C21H16N6O3S/c22-21(28)19-16-10-11-18-17(12-23-24-18)20(16)27(25-19)14-6-8-15(9-7-14)31(29,30)26-13-4-2-1-3-5-13/h1-12,25-26H,(H2,22,28). The quantitative estimate of drug-likeness (QED) is 0.392. The summed E-state index contributed by atoms with van der Waals surface area (Å²) in [5, 5.41) is 12.4. The second-order valence-electron chi connectivity index (χ2n) is 6.89. The molecule has 0 aliphatic heterocycles. The van der Waals surface area contributed by atoms with Crippen LogP contribution in [-0.2, 0) is 10.0 Å². The van der Waals surface area contributed by atoms with Crippen LogP contribution in [0.2, 0.25) is 0 Å². The maximum Gasteiger partial charge on any atom is 0.267 e. The van der Waals surface area contributed by atoms with Gasteiger partial charge in [0.2, 0.25) is 0 Å². The fourth-order valence-corrected chi connectivity index (χ4v) is 4.57. The second-order valence-corrected chi connectivity index (χ2v) is 8.57. The number of aromatic nitrogens is 4. The van der Waals surface area contributed by atoms with Crippen molar-refractivity contribution in [1.29, 1.82) is 0 Å². The number of primary amides is 1. The Kier molecular flexibility index (Phi) is 4.22. The van der Waals surface area contributed by atoms with E-state index in [-0.39, 0.29) is 10.6 Å². The van der Waals surface area contributed by atoms with Gasteiger partial charge in [0.15, 0.2) is 0 Å². The highest BCUT2D eigenvalue weighted by Crippen LogP contribution is 2.29. The number of para-hydroxylation sites is 1. The number of anilines is 1. The Hall–Kier alpha value is -4.18. The molecule has 5 rings (SSSR count). The van der Waals surface area contributed by atoms with Gasteiger partial charge in [-0.25, -0.2) is 8.42 Å². The van der Waals surface area contributed by atoms with E-state index in [0.717, 1.165) is 5.39 Å². The van der Waals surface area contributed by atoms with Gasteiger partial charge in [0.1, 0.15) is 5.69 Å². The van der Waals surface area contributed by atoms with Crippen molar-refractivity contribution in [3.63, 3.8) is 0 Å². The molecule has 0 saturated heterocycles. The zero-order chi connectivity index (χ0) is 21.6. The monoisotopic (exact) mass is 432 g/mol. The van der Waals surface area contributed by atoms with Gasteiger partial charge in [0, 0.05) is 16.5 Å². The lowest BCUT2D eigenvalue weighted by molar-refractivity contribution is 0.0996. The van der Waals surface area contributed by atoms with Crippen LogP contribution in [-0.4, -0.2) is 34.3 Å². The number of carbonyl (C=O) groups is 1. The van der Waals surface area contributed by atoms with Crippen molar-refractivity contribution < 1.29 is 13.2 Å². The minimum absolute atomic E-state index is 0.105. The highest BCUT2D eigenvalue weighted by Gasteiger charge is 2.19. The summed E-state index contributed by atoms with van der Waals surface area (Å²) in [5.41, 5.74) is 8.21. The van der Waals surface area contributed by atoms with Crippen LogP contribution in [0.25, 0.3) is 27.5 Å². The van der Waals surface area contributed by atoms with E-state index in [2.05, 4.69) is 20.0 Å². The van der Waals surface area contributed by atoms with Gasteiger partial charge >= 0.3 is 0 Å². The van der Waals surface area contributed by atoms with Crippen molar-refractivity contribution >= 4 is 43.4 Å². The number of hydrogen-bond acceptors (Lipinski definition) is 5. The van der Waals surface area contributed by atoms with E-state index in [1.807, 2.05) is 0 Å². The molecule has 9 nitrogen and oxygen atoms in total. The van der Waals surface area contributed by atoms with Gasteiger partial charge in [0.05, 0.1) is 27.8 Å². The minimum atomic E-state index is -3.75. The number of sulfonamides is 1. The number of nitrogens with two attached hydrogens (primary N) is 1. The highest BCUT2D eigenvalue weighted by atomic mass is 32.2. The molecule has 3 aromatic carbocycles. The van der Waals surface area contributed by atoms with Crippen molar-refractivity contribution in [2.45, 2.75) is 4.90 Å². The Bertz CT molecular complexity index is 1540. The molecule has 5 aromatic rings. The number of fused-ring (bicyclic) bond motifs is 3. The summed E-state index contributed by atoms with van der Waals surface area (Å²) in [6, 6.07) is 18.4. The third-order valence-corrected chi connectivity index (χ3v) is 6.34. The third kappa shape index (κ3) is 3.19. The number of rotatable bonds is 5. The Labute approximate surface area is 176 Å². The van der Waals surface area contributed by atoms with Crippen LogP contribution in [0.3, 0.4) is 0 Å². The van der Waals surface area contributed by atoms with Crippen molar-refractivity contribution in [2.24, 2.45) is 5.73 Å². The number of H-pyrrole nitrogens is 1. The smallest absolute Gasteiger partial charge is 0.267 e. The van der Waals surface area contributed by atoms with Crippen LogP contribution < -0.4 is 10.5 Å². The molecule has 0 fully saturated rings. The molecule has 31 heavy (non-hydrogen) atoms. The largest absolute Gasteiger partial charge is 0.364 e. The molecule has 0 bridgehead atoms. The summed E-state index contributed by atoms with van der Waals surface area (Å²) in [4.78, 5) is 12.1. The van der Waals surface area contributed by atoms with E-state index < -0.39 is 15.9 Å². The van der Waals surface area contributed by atoms with Gasteiger partial charge in [-0.3, -0.25) is 19.3 Å². The summed E-state index contributed by atoms with van der Waals surface area (Å²) in [6.07, 6.45) is 1.61. The van der Waals surface area contributed by atoms with Gasteiger partial charge in [-0.2, -0.15) is 10.2 Å². The van der Waals surface area contributed by atoms with E-state index in [9.17, 15) is 13.2 Å². The maximum atomic E-state index is 12.7.